The molecule has 2 rings (SSSR count). The van der Waals surface area contributed by atoms with Crippen LogP contribution in [0.2, 0.25) is 0 Å². The summed E-state index contributed by atoms with van der Waals surface area (Å²) in [5.74, 6) is 2.19. The lowest BCUT2D eigenvalue weighted by Crippen LogP contribution is -2.49. The van der Waals surface area contributed by atoms with Gasteiger partial charge in [0.1, 0.15) is 5.75 Å². The van der Waals surface area contributed by atoms with E-state index in [1.54, 1.807) is 7.11 Å². The molecule has 1 unspecified atom stereocenters. The molecule has 0 bridgehead atoms. The van der Waals surface area contributed by atoms with E-state index < -0.39 is 0 Å². The fraction of sp³-hybridized carbons (Fsp3) is 0.650. The average Bonchev–Trinajstić information content (AvgIpc) is 2.66. The van der Waals surface area contributed by atoms with Gasteiger partial charge in [-0.2, -0.15) is 0 Å². The first-order valence-corrected chi connectivity index (χ1v) is 9.50. The molecule has 1 atom stereocenters. The molecule has 1 fully saturated rings. The molecular weight excluding hydrogens is 439 g/mol. The molecule has 26 heavy (non-hydrogen) atoms. The van der Waals surface area contributed by atoms with Gasteiger partial charge in [-0.05, 0) is 37.4 Å². The Balaban J connectivity index is 0.00000338. The minimum atomic E-state index is 0. The van der Waals surface area contributed by atoms with Crippen LogP contribution in [0, 0.1) is 0 Å². The van der Waals surface area contributed by atoms with Crippen molar-refractivity contribution in [3.63, 3.8) is 0 Å². The highest BCUT2D eigenvalue weighted by Crippen LogP contribution is 2.25. The minimum Gasteiger partial charge on any atom is -0.496 e. The van der Waals surface area contributed by atoms with Crippen LogP contribution >= 0.6 is 24.0 Å². The minimum absolute atomic E-state index is 0. The number of hydrogen-bond acceptors (Lipinski definition) is 3. The molecule has 1 aliphatic rings. The zero-order valence-electron chi connectivity index (χ0n) is 16.6. The van der Waals surface area contributed by atoms with Crippen LogP contribution in [0.4, 0.5) is 0 Å². The van der Waals surface area contributed by atoms with Gasteiger partial charge in [0.05, 0.1) is 7.11 Å². The topological polar surface area (TPSA) is 48.9 Å². The molecule has 0 spiro atoms. The molecule has 1 saturated heterocycles. The summed E-state index contributed by atoms with van der Waals surface area (Å²) in [5, 5.41) is 7.06. The van der Waals surface area contributed by atoms with Gasteiger partial charge >= 0.3 is 0 Å². The molecular formula is C20H35IN4O. The van der Waals surface area contributed by atoms with E-state index in [9.17, 15) is 0 Å². The molecule has 0 aliphatic carbocycles. The summed E-state index contributed by atoms with van der Waals surface area (Å²) in [5.41, 5.74) is 1.22. The molecule has 1 aromatic carbocycles. The number of methoxy groups -OCH3 is 1. The lowest BCUT2D eigenvalue weighted by Gasteiger charge is -2.33. The fourth-order valence-electron chi connectivity index (χ4n) is 3.44. The quantitative estimate of drug-likeness (QED) is 0.361. The summed E-state index contributed by atoms with van der Waals surface area (Å²) in [6.45, 7) is 8.87. The molecule has 148 valence electrons. The maximum atomic E-state index is 5.47. The monoisotopic (exact) mass is 474 g/mol. The van der Waals surface area contributed by atoms with Gasteiger partial charge in [0.15, 0.2) is 5.96 Å². The number of guanidine groups is 1. The zero-order valence-corrected chi connectivity index (χ0v) is 19.0. The molecule has 5 nitrogen and oxygen atoms in total. The van der Waals surface area contributed by atoms with Crippen LogP contribution in [0.5, 0.6) is 5.75 Å². The summed E-state index contributed by atoms with van der Waals surface area (Å²) in [6.07, 6.45) is 3.60. The average molecular weight is 474 g/mol. The van der Waals surface area contributed by atoms with Crippen LogP contribution in [0.25, 0.3) is 0 Å². The first kappa shape index (κ1) is 23.0. The SMILES string of the molecule is CCCN1CCC(NC(=NC)NCC(C)c2ccccc2OC)CC1.I. The smallest absolute Gasteiger partial charge is 0.191 e. The standard InChI is InChI=1S/C20H34N4O.HI/c1-5-12-24-13-10-17(11-14-24)23-20(21-3)22-15-16(2)18-8-6-7-9-19(18)25-4;/h6-9,16-17H,5,10-15H2,1-4H3,(H2,21,22,23);1H. The van der Waals surface area contributed by atoms with Crippen molar-refractivity contribution >= 4 is 29.9 Å². The van der Waals surface area contributed by atoms with Crippen molar-refractivity contribution in [1.29, 1.82) is 0 Å². The van der Waals surface area contributed by atoms with Crippen molar-refractivity contribution < 1.29 is 4.74 Å². The summed E-state index contributed by atoms with van der Waals surface area (Å²) < 4.78 is 5.47. The van der Waals surface area contributed by atoms with E-state index in [2.05, 4.69) is 46.5 Å². The Morgan fingerprint density at radius 3 is 2.62 bits per heavy atom. The van der Waals surface area contributed by atoms with Gasteiger partial charge in [-0.15, -0.1) is 24.0 Å². The Labute approximate surface area is 176 Å². The van der Waals surface area contributed by atoms with Gasteiger partial charge in [-0.3, -0.25) is 4.99 Å². The highest BCUT2D eigenvalue weighted by molar-refractivity contribution is 14.0. The first-order chi connectivity index (χ1) is 12.2. The Kier molecular flexibility index (Phi) is 11.0. The van der Waals surface area contributed by atoms with Gasteiger partial charge in [0, 0.05) is 38.6 Å². The number of nitrogens with zero attached hydrogens (tertiary/aromatic N) is 2. The zero-order chi connectivity index (χ0) is 18.1. The lowest BCUT2D eigenvalue weighted by atomic mass is 10.00. The number of piperidine rings is 1. The number of likely N-dealkylation sites (tertiary alicyclic amines) is 1. The molecule has 0 aromatic heterocycles. The molecule has 1 aliphatic heterocycles. The van der Waals surface area contributed by atoms with Crippen LogP contribution in [0.3, 0.4) is 0 Å². The van der Waals surface area contributed by atoms with Crippen molar-refractivity contribution in [1.82, 2.24) is 15.5 Å². The van der Waals surface area contributed by atoms with Gasteiger partial charge < -0.3 is 20.3 Å². The molecule has 0 radical (unpaired) electrons. The number of ether oxygens (including phenoxy) is 1. The number of nitrogens with one attached hydrogen (secondary N) is 2. The number of hydrogen-bond donors (Lipinski definition) is 2. The predicted molar refractivity (Wildman–Crippen MR) is 121 cm³/mol. The second-order valence-electron chi connectivity index (χ2n) is 6.86. The number of halogens is 1. The van der Waals surface area contributed by atoms with Crippen molar-refractivity contribution in [3.05, 3.63) is 29.8 Å². The normalized spacial score (nSPS) is 17.3. The van der Waals surface area contributed by atoms with E-state index in [0.29, 0.717) is 12.0 Å². The summed E-state index contributed by atoms with van der Waals surface area (Å²) in [4.78, 5) is 6.95. The van der Waals surface area contributed by atoms with Gasteiger partial charge in [0.2, 0.25) is 0 Å². The Morgan fingerprint density at radius 1 is 1.31 bits per heavy atom. The van der Waals surface area contributed by atoms with Crippen LogP contribution in [-0.2, 0) is 0 Å². The summed E-state index contributed by atoms with van der Waals surface area (Å²) in [6, 6.07) is 8.73. The number of aliphatic imine (C=N–C) groups is 1. The van der Waals surface area contributed by atoms with Crippen LogP contribution in [0.1, 0.15) is 44.6 Å². The second kappa shape index (κ2) is 12.4. The molecule has 0 saturated carbocycles. The van der Waals surface area contributed by atoms with Crippen molar-refractivity contribution in [2.75, 3.05) is 40.3 Å². The second-order valence-corrected chi connectivity index (χ2v) is 6.86. The van der Waals surface area contributed by atoms with Gasteiger partial charge in [-0.1, -0.05) is 32.0 Å². The van der Waals surface area contributed by atoms with E-state index >= 15 is 0 Å². The lowest BCUT2D eigenvalue weighted by molar-refractivity contribution is 0.206. The van der Waals surface area contributed by atoms with Crippen molar-refractivity contribution in [2.45, 2.75) is 45.1 Å². The highest BCUT2D eigenvalue weighted by atomic mass is 127. The third kappa shape index (κ3) is 6.95. The fourth-order valence-corrected chi connectivity index (χ4v) is 3.44. The molecule has 6 heteroatoms. The molecule has 0 amide bonds. The van der Waals surface area contributed by atoms with Crippen LogP contribution < -0.4 is 15.4 Å². The van der Waals surface area contributed by atoms with E-state index in [1.165, 1.54) is 44.5 Å². The summed E-state index contributed by atoms with van der Waals surface area (Å²) in [7, 11) is 3.57. The maximum Gasteiger partial charge on any atom is 0.191 e. The van der Waals surface area contributed by atoms with E-state index in [-0.39, 0.29) is 24.0 Å². The van der Waals surface area contributed by atoms with Crippen LogP contribution in [0.15, 0.2) is 29.3 Å². The van der Waals surface area contributed by atoms with Gasteiger partial charge in [-0.25, -0.2) is 0 Å². The summed E-state index contributed by atoms with van der Waals surface area (Å²) >= 11 is 0. The Morgan fingerprint density at radius 2 is 2.00 bits per heavy atom. The highest BCUT2D eigenvalue weighted by Gasteiger charge is 2.19. The largest absolute Gasteiger partial charge is 0.496 e. The van der Waals surface area contributed by atoms with E-state index in [1.807, 2.05) is 19.2 Å². The number of para-hydroxylation sites is 1. The third-order valence-electron chi connectivity index (χ3n) is 4.94. The van der Waals surface area contributed by atoms with Gasteiger partial charge in [0.25, 0.3) is 0 Å². The van der Waals surface area contributed by atoms with Crippen LogP contribution in [-0.4, -0.2) is 57.2 Å². The first-order valence-electron chi connectivity index (χ1n) is 9.50. The van der Waals surface area contributed by atoms with Crippen molar-refractivity contribution in [2.24, 2.45) is 4.99 Å². The van der Waals surface area contributed by atoms with E-state index in [0.717, 1.165) is 18.3 Å². The number of rotatable bonds is 7. The maximum absolute atomic E-state index is 5.47. The van der Waals surface area contributed by atoms with E-state index in [4.69, 9.17) is 4.74 Å². The Bertz CT molecular complexity index is 544. The Hall–Kier alpha value is -1.02. The molecule has 2 N–H and O–H groups in total. The van der Waals surface area contributed by atoms with Crippen molar-refractivity contribution in [3.8, 4) is 5.75 Å². The molecule has 1 aromatic rings. The molecule has 1 heterocycles. The third-order valence-corrected chi connectivity index (χ3v) is 4.94. The predicted octanol–water partition coefficient (Wildman–Crippen LogP) is 3.46. The number of benzene rings is 1.